The van der Waals surface area contributed by atoms with Crippen molar-refractivity contribution in [2.75, 3.05) is 7.11 Å². The number of para-hydroxylation sites is 2. The van der Waals surface area contributed by atoms with Gasteiger partial charge in [-0.25, -0.2) is 5.43 Å². The van der Waals surface area contributed by atoms with Crippen LogP contribution < -0.4 is 10.2 Å². The molecule has 0 fully saturated rings. The number of nitrogens with one attached hydrogen (secondary N) is 1. The number of aromatic nitrogens is 1. The number of aromatic hydroxyl groups is 1. The number of nitrogens with zero attached hydrogens (tertiary/aromatic N) is 2. The van der Waals surface area contributed by atoms with E-state index in [1.165, 1.54) is 13.3 Å². The SMILES string of the molecule is COc1cccc(/C=N/NC(=O)c2cc3ccccc3nc2C)c1O. The van der Waals surface area contributed by atoms with Crippen molar-refractivity contribution in [2.45, 2.75) is 6.92 Å². The van der Waals surface area contributed by atoms with Gasteiger partial charge in [0.1, 0.15) is 0 Å². The second kappa shape index (κ2) is 7.00. The summed E-state index contributed by atoms with van der Waals surface area (Å²) in [5.41, 5.74) is 4.80. The largest absolute Gasteiger partial charge is 0.504 e. The number of pyridine rings is 1. The highest BCUT2D eigenvalue weighted by molar-refractivity contribution is 5.99. The molecule has 1 aromatic heterocycles. The van der Waals surface area contributed by atoms with E-state index >= 15 is 0 Å². The summed E-state index contributed by atoms with van der Waals surface area (Å²) in [5.74, 6) is -0.0641. The molecular formula is C19H17N3O3. The Morgan fingerprint density at radius 3 is 2.84 bits per heavy atom. The average Bonchev–Trinajstić information content (AvgIpc) is 2.62. The zero-order chi connectivity index (χ0) is 17.8. The molecule has 0 saturated carbocycles. The zero-order valence-electron chi connectivity index (χ0n) is 13.9. The van der Waals surface area contributed by atoms with Crippen LogP contribution in [0.25, 0.3) is 10.9 Å². The molecule has 0 atom stereocenters. The molecule has 0 aliphatic carbocycles. The minimum Gasteiger partial charge on any atom is -0.504 e. The van der Waals surface area contributed by atoms with E-state index in [4.69, 9.17) is 4.74 Å². The van der Waals surface area contributed by atoms with Gasteiger partial charge in [-0.05, 0) is 31.2 Å². The summed E-state index contributed by atoms with van der Waals surface area (Å²) in [7, 11) is 1.47. The van der Waals surface area contributed by atoms with Gasteiger partial charge in [0.15, 0.2) is 11.5 Å². The van der Waals surface area contributed by atoms with Crippen LogP contribution in [0.5, 0.6) is 11.5 Å². The molecule has 0 aliphatic heterocycles. The van der Waals surface area contributed by atoms with E-state index in [1.807, 2.05) is 24.3 Å². The number of methoxy groups -OCH3 is 1. The molecule has 3 aromatic rings. The second-order valence-electron chi connectivity index (χ2n) is 5.41. The van der Waals surface area contributed by atoms with Crippen LogP contribution in [0.1, 0.15) is 21.6 Å². The lowest BCUT2D eigenvalue weighted by Crippen LogP contribution is -2.19. The predicted molar refractivity (Wildman–Crippen MR) is 96.2 cm³/mol. The Bertz CT molecular complexity index is 967. The number of phenolic OH excluding ortho intramolecular Hbond substituents is 1. The molecule has 3 rings (SSSR count). The molecule has 1 amide bonds. The van der Waals surface area contributed by atoms with Crippen molar-refractivity contribution in [1.29, 1.82) is 0 Å². The summed E-state index contributed by atoms with van der Waals surface area (Å²) in [5, 5.41) is 14.8. The van der Waals surface area contributed by atoms with E-state index < -0.39 is 0 Å². The van der Waals surface area contributed by atoms with Crippen LogP contribution >= 0.6 is 0 Å². The highest BCUT2D eigenvalue weighted by Gasteiger charge is 2.11. The molecule has 6 nitrogen and oxygen atoms in total. The second-order valence-corrected chi connectivity index (χ2v) is 5.41. The molecule has 126 valence electrons. The first kappa shape index (κ1) is 16.4. The Hall–Kier alpha value is -3.41. The standard InChI is InChI=1S/C19H17N3O3/c1-12-15(10-13-6-3-4-8-16(13)21-12)19(24)22-20-11-14-7-5-9-17(25-2)18(14)23/h3-11,23H,1-2H3,(H,22,24)/b20-11+. The summed E-state index contributed by atoms with van der Waals surface area (Å²) in [6.45, 7) is 1.78. The molecule has 0 saturated heterocycles. The third-order valence-corrected chi connectivity index (χ3v) is 3.78. The van der Waals surface area contributed by atoms with Crippen molar-refractivity contribution in [3.8, 4) is 11.5 Å². The monoisotopic (exact) mass is 335 g/mol. The molecular weight excluding hydrogens is 318 g/mol. The average molecular weight is 335 g/mol. The van der Waals surface area contributed by atoms with Crippen molar-refractivity contribution in [3.05, 3.63) is 65.4 Å². The molecule has 0 radical (unpaired) electrons. The fourth-order valence-electron chi connectivity index (χ4n) is 2.47. The lowest BCUT2D eigenvalue weighted by molar-refractivity contribution is 0.0954. The Balaban J connectivity index is 1.80. The Labute approximate surface area is 144 Å². The quantitative estimate of drug-likeness (QED) is 0.567. The number of carbonyl (C=O) groups is 1. The zero-order valence-corrected chi connectivity index (χ0v) is 13.9. The van der Waals surface area contributed by atoms with Crippen LogP contribution in [-0.4, -0.2) is 29.3 Å². The van der Waals surface area contributed by atoms with Crippen molar-refractivity contribution in [2.24, 2.45) is 5.10 Å². The number of hydrazone groups is 1. The van der Waals surface area contributed by atoms with Crippen molar-refractivity contribution < 1.29 is 14.6 Å². The first-order valence-corrected chi connectivity index (χ1v) is 7.66. The number of aryl methyl sites for hydroxylation is 1. The van der Waals surface area contributed by atoms with Crippen LogP contribution in [0.15, 0.2) is 53.6 Å². The van der Waals surface area contributed by atoms with E-state index in [0.29, 0.717) is 22.6 Å². The molecule has 6 heteroatoms. The van der Waals surface area contributed by atoms with Crippen LogP contribution in [0, 0.1) is 6.92 Å². The topological polar surface area (TPSA) is 83.8 Å². The van der Waals surface area contributed by atoms with Gasteiger partial charge in [0.25, 0.3) is 5.91 Å². The summed E-state index contributed by atoms with van der Waals surface area (Å²) >= 11 is 0. The van der Waals surface area contributed by atoms with Gasteiger partial charge in [0, 0.05) is 10.9 Å². The van der Waals surface area contributed by atoms with Gasteiger partial charge in [0.2, 0.25) is 0 Å². The first-order valence-electron chi connectivity index (χ1n) is 7.66. The lowest BCUT2D eigenvalue weighted by Gasteiger charge is -2.07. The van der Waals surface area contributed by atoms with Crippen molar-refractivity contribution in [3.63, 3.8) is 0 Å². The highest BCUT2D eigenvalue weighted by Crippen LogP contribution is 2.27. The molecule has 0 spiro atoms. The van der Waals surface area contributed by atoms with E-state index in [2.05, 4.69) is 15.5 Å². The number of amides is 1. The fourth-order valence-corrected chi connectivity index (χ4v) is 2.47. The molecule has 0 bridgehead atoms. The summed E-state index contributed by atoms with van der Waals surface area (Å²) < 4.78 is 5.03. The van der Waals surface area contributed by atoms with Gasteiger partial charge in [-0.1, -0.05) is 24.3 Å². The van der Waals surface area contributed by atoms with E-state index in [0.717, 1.165) is 10.9 Å². The molecule has 0 aliphatic rings. The summed E-state index contributed by atoms with van der Waals surface area (Å²) in [4.78, 5) is 16.8. The molecule has 1 heterocycles. The van der Waals surface area contributed by atoms with Gasteiger partial charge in [-0.15, -0.1) is 0 Å². The Morgan fingerprint density at radius 2 is 2.04 bits per heavy atom. The smallest absolute Gasteiger partial charge is 0.273 e. The lowest BCUT2D eigenvalue weighted by atomic mass is 10.1. The Morgan fingerprint density at radius 1 is 1.24 bits per heavy atom. The maximum absolute atomic E-state index is 12.4. The number of rotatable bonds is 4. The molecule has 2 aromatic carbocycles. The highest BCUT2D eigenvalue weighted by atomic mass is 16.5. The van der Waals surface area contributed by atoms with E-state index in [9.17, 15) is 9.90 Å². The molecule has 25 heavy (non-hydrogen) atoms. The van der Waals surface area contributed by atoms with Gasteiger partial charge in [-0.2, -0.15) is 5.10 Å². The normalized spacial score (nSPS) is 11.0. The number of hydrogen-bond acceptors (Lipinski definition) is 5. The van der Waals surface area contributed by atoms with Gasteiger partial charge in [-0.3, -0.25) is 9.78 Å². The van der Waals surface area contributed by atoms with Gasteiger partial charge >= 0.3 is 0 Å². The molecule has 2 N–H and O–H groups in total. The Kier molecular flexibility index (Phi) is 4.61. The van der Waals surface area contributed by atoms with Crippen LogP contribution in [0.2, 0.25) is 0 Å². The van der Waals surface area contributed by atoms with E-state index in [-0.39, 0.29) is 11.7 Å². The third-order valence-electron chi connectivity index (χ3n) is 3.78. The minimum absolute atomic E-state index is 0.0356. The predicted octanol–water partition coefficient (Wildman–Crippen LogP) is 3.02. The maximum atomic E-state index is 12.4. The third kappa shape index (κ3) is 3.42. The van der Waals surface area contributed by atoms with Crippen molar-refractivity contribution in [1.82, 2.24) is 10.4 Å². The van der Waals surface area contributed by atoms with Crippen LogP contribution in [0.4, 0.5) is 0 Å². The van der Waals surface area contributed by atoms with Crippen molar-refractivity contribution >= 4 is 23.0 Å². The van der Waals surface area contributed by atoms with Crippen LogP contribution in [-0.2, 0) is 0 Å². The summed E-state index contributed by atoms with van der Waals surface area (Å²) in [6.07, 6.45) is 1.36. The van der Waals surface area contributed by atoms with Crippen LogP contribution in [0.3, 0.4) is 0 Å². The number of phenols is 1. The first-order chi connectivity index (χ1) is 12.1. The number of benzene rings is 2. The van der Waals surface area contributed by atoms with Gasteiger partial charge < -0.3 is 9.84 Å². The number of fused-ring (bicyclic) bond motifs is 1. The summed E-state index contributed by atoms with van der Waals surface area (Å²) in [6, 6.07) is 14.4. The number of hydrogen-bond donors (Lipinski definition) is 2. The maximum Gasteiger partial charge on any atom is 0.273 e. The molecule has 0 unspecified atom stereocenters. The number of ether oxygens (including phenoxy) is 1. The number of carbonyl (C=O) groups excluding carboxylic acids is 1. The minimum atomic E-state index is -0.366. The fraction of sp³-hybridized carbons (Fsp3) is 0.105. The van der Waals surface area contributed by atoms with E-state index in [1.54, 1.807) is 31.2 Å². The van der Waals surface area contributed by atoms with Gasteiger partial charge in [0.05, 0.1) is 30.1 Å².